The van der Waals surface area contributed by atoms with Gasteiger partial charge in [0.05, 0.1) is 11.4 Å². The molecule has 68 heavy (non-hydrogen) atoms. The summed E-state index contributed by atoms with van der Waals surface area (Å²) in [6.07, 6.45) is 3.77. The molecule has 0 heterocycles. The molecule has 0 N–H and O–H groups in total. The summed E-state index contributed by atoms with van der Waals surface area (Å²) in [7, 11) is 0. The van der Waals surface area contributed by atoms with Gasteiger partial charge in [-0.05, 0) is 104 Å². The van der Waals surface area contributed by atoms with Gasteiger partial charge in [-0.15, -0.1) is 0 Å². The van der Waals surface area contributed by atoms with Crippen molar-refractivity contribution in [3.8, 4) is 44.5 Å². The predicted molar refractivity (Wildman–Crippen MR) is 293 cm³/mol. The standard InChI is InChI=1S/C66H48N2/c1-3-47-23-27-51(28-24-47)55-35-43-59(44-36-55)67(57-39-31-53(32-40-57)49-15-7-5-8-16-49)65-61-19-11-13-21-63(61)66(64-22-14-12-20-62(64)65)68(58-41-33-54(34-42-58)50-17-9-6-10-18-50)60-45-37-56(38-46-60)52-29-25-48(4-2)26-30-52/h3-46H,1-2H2. The minimum atomic E-state index is 1.07. The van der Waals surface area contributed by atoms with Gasteiger partial charge in [0.25, 0.3) is 0 Å². The summed E-state index contributed by atoms with van der Waals surface area (Å²) in [4.78, 5) is 4.89. The van der Waals surface area contributed by atoms with Crippen molar-refractivity contribution >= 4 is 67.8 Å². The molecule has 0 atom stereocenters. The van der Waals surface area contributed by atoms with E-state index < -0.39 is 0 Å². The predicted octanol–water partition coefficient (Wildman–Crippen LogP) is 18.9. The second-order valence-corrected chi connectivity index (χ2v) is 17.0. The Morgan fingerprint density at radius 3 is 0.662 bits per heavy atom. The molecule has 0 aromatic heterocycles. The summed E-state index contributed by atoms with van der Waals surface area (Å²) >= 11 is 0. The van der Waals surface area contributed by atoms with E-state index in [2.05, 4.69) is 278 Å². The number of anilines is 6. The number of rotatable bonds is 12. The van der Waals surface area contributed by atoms with E-state index in [1.54, 1.807) is 0 Å². The molecular formula is C66H48N2. The molecule has 0 bridgehead atoms. The van der Waals surface area contributed by atoms with Crippen molar-refractivity contribution in [2.24, 2.45) is 0 Å². The third-order valence-electron chi connectivity index (χ3n) is 13.0. The minimum absolute atomic E-state index is 1.07. The second-order valence-electron chi connectivity index (χ2n) is 17.0. The molecule has 0 radical (unpaired) electrons. The summed E-state index contributed by atoms with van der Waals surface area (Å²) in [6, 6.07) is 92.1. The van der Waals surface area contributed by atoms with Crippen LogP contribution in [0.3, 0.4) is 0 Å². The smallest absolute Gasteiger partial charge is 0.0619 e. The number of fused-ring (bicyclic) bond motifs is 2. The van der Waals surface area contributed by atoms with E-state index in [1.807, 2.05) is 12.2 Å². The lowest BCUT2D eigenvalue weighted by atomic mass is 9.94. The van der Waals surface area contributed by atoms with Crippen LogP contribution in [-0.4, -0.2) is 0 Å². The van der Waals surface area contributed by atoms with E-state index in [4.69, 9.17) is 0 Å². The topological polar surface area (TPSA) is 6.48 Å². The number of hydrogen-bond donors (Lipinski definition) is 0. The zero-order chi connectivity index (χ0) is 45.8. The Morgan fingerprint density at radius 1 is 0.221 bits per heavy atom. The average molecular weight is 869 g/mol. The number of nitrogens with zero attached hydrogens (tertiary/aromatic N) is 2. The van der Waals surface area contributed by atoms with Gasteiger partial charge in [-0.1, -0.05) is 232 Å². The lowest BCUT2D eigenvalue weighted by molar-refractivity contribution is 1.29. The van der Waals surface area contributed by atoms with E-state index in [-0.39, 0.29) is 0 Å². The molecule has 2 heteroatoms. The fourth-order valence-corrected chi connectivity index (χ4v) is 9.48. The van der Waals surface area contributed by atoms with Crippen LogP contribution < -0.4 is 9.80 Å². The van der Waals surface area contributed by atoms with Crippen LogP contribution in [0, 0.1) is 0 Å². The van der Waals surface area contributed by atoms with Gasteiger partial charge in [0.1, 0.15) is 0 Å². The third kappa shape index (κ3) is 8.06. The maximum atomic E-state index is 3.95. The lowest BCUT2D eigenvalue weighted by Crippen LogP contribution is -2.14. The molecule has 0 saturated carbocycles. The van der Waals surface area contributed by atoms with Gasteiger partial charge >= 0.3 is 0 Å². The van der Waals surface area contributed by atoms with Gasteiger partial charge in [-0.25, -0.2) is 0 Å². The maximum Gasteiger partial charge on any atom is 0.0619 e. The second kappa shape index (κ2) is 18.5. The van der Waals surface area contributed by atoms with E-state index in [1.165, 1.54) is 22.3 Å². The Hall–Kier alpha value is -8.98. The van der Waals surface area contributed by atoms with Crippen molar-refractivity contribution in [2.75, 3.05) is 9.80 Å². The summed E-state index contributed by atoms with van der Waals surface area (Å²) < 4.78 is 0. The van der Waals surface area contributed by atoms with Crippen molar-refractivity contribution in [3.63, 3.8) is 0 Å². The zero-order valence-electron chi connectivity index (χ0n) is 37.7. The molecule has 0 amide bonds. The highest BCUT2D eigenvalue weighted by Gasteiger charge is 2.26. The highest BCUT2D eigenvalue weighted by Crippen LogP contribution is 2.51. The summed E-state index contributed by atoms with van der Waals surface area (Å²) in [5.74, 6) is 0. The summed E-state index contributed by atoms with van der Waals surface area (Å²) in [5, 5.41) is 4.56. The van der Waals surface area contributed by atoms with Crippen LogP contribution in [0.5, 0.6) is 0 Å². The van der Waals surface area contributed by atoms with Crippen LogP contribution >= 0.6 is 0 Å². The molecule has 0 fully saturated rings. The molecule has 2 nitrogen and oxygen atoms in total. The normalized spacial score (nSPS) is 11.1. The molecule has 0 aliphatic carbocycles. The Bertz CT molecular complexity index is 3230. The van der Waals surface area contributed by atoms with Crippen LogP contribution in [0.4, 0.5) is 34.1 Å². The Balaban J connectivity index is 1.12. The van der Waals surface area contributed by atoms with E-state index in [9.17, 15) is 0 Å². The fourth-order valence-electron chi connectivity index (χ4n) is 9.48. The Morgan fingerprint density at radius 2 is 0.426 bits per heavy atom. The molecular weight excluding hydrogens is 821 g/mol. The van der Waals surface area contributed by atoms with Gasteiger partial charge < -0.3 is 9.80 Å². The Labute approximate surface area is 399 Å². The van der Waals surface area contributed by atoms with E-state index in [0.29, 0.717) is 0 Å². The SMILES string of the molecule is C=Cc1ccc(-c2ccc(N(c3ccc(-c4ccccc4)cc3)c3c4ccccc4c(N(c4ccc(-c5ccccc5)cc4)c4ccc(-c5ccc(C=C)cc5)cc4)c4ccccc34)cc2)cc1. The Kier molecular flexibility index (Phi) is 11.3. The molecule has 11 aromatic carbocycles. The highest BCUT2D eigenvalue weighted by atomic mass is 15.2. The molecule has 0 aliphatic rings. The first-order chi connectivity index (χ1) is 33.6. The van der Waals surface area contributed by atoms with Crippen molar-refractivity contribution in [1.82, 2.24) is 0 Å². The first kappa shape index (κ1) is 41.7. The first-order valence-electron chi connectivity index (χ1n) is 23.1. The molecule has 0 saturated heterocycles. The molecule has 322 valence electrons. The van der Waals surface area contributed by atoms with Crippen molar-refractivity contribution in [2.45, 2.75) is 0 Å². The molecule has 0 aliphatic heterocycles. The van der Waals surface area contributed by atoms with Gasteiger partial charge in [0.15, 0.2) is 0 Å². The van der Waals surface area contributed by atoms with Crippen molar-refractivity contribution in [3.05, 3.63) is 279 Å². The quantitative estimate of drug-likeness (QED) is 0.0892. The zero-order valence-corrected chi connectivity index (χ0v) is 37.7. The molecule has 11 aromatic rings. The van der Waals surface area contributed by atoms with Gasteiger partial charge in [-0.3, -0.25) is 0 Å². The van der Waals surface area contributed by atoms with Gasteiger partial charge in [0.2, 0.25) is 0 Å². The highest BCUT2D eigenvalue weighted by molar-refractivity contribution is 6.23. The van der Waals surface area contributed by atoms with Gasteiger partial charge in [0, 0.05) is 44.3 Å². The number of hydrogen-bond acceptors (Lipinski definition) is 2. The van der Waals surface area contributed by atoms with Crippen molar-refractivity contribution in [1.29, 1.82) is 0 Å². The number of benzene rings is 11. The van der Waals surface area contributed by atoms with Crippen LogP contribution in [0.15, 0.2) is 268 Å². The van der Waals surface area contributed by atoms with Gasteiger partial charge in [-0.2, -0.15) is 0 Å². The van der Waals surface area contributed by atoms with Crippen LogP contribution in [0.25, 0.3) is 78.2 Å². The average Bonchev–Trinajstić information content (AvgIpc) is 3.43. The maximum absolute atomic E-state index is 3.95. The summed E-state index contributed by atoms with van der Waals surface area (Å²) in [6.45, 7) is 7.91. The van der Waals surface area contributed by atoms with E-state index in [0.717, 1.165) is 89.0 Å². The van der Waals surface area contributed by atoms with Crippen LogP contribution in [0.1, 0.15) is 11.1 Å². The van der Waals surface area contributed by atoms with Crippen molar-refractivity contribution < 1.29 is 0 Å². The fraction of sp³-hybridized carbons (Fsp3) is 0. The minimum Gasteiger partial charge on any atom is -0.309 e. The van der Waals surface area contributed by atoms with Crippen LogP contribution in [-0.2, 0) is 0 Å². The largest absolute Gasteiger partial charge is 0.309 e. The molecule has 0 unspecified atom stereocenters. The van der Waals surface area contributed by atoms with E-state index >= 15 is 0 Å². The monoisotopic (exact) mass is 868 g/mol. The molecule has 0 spiro atoms. The lowest BCUT2D eigenvalue weighted by Gasteiger charge is -2.33. The third-order valence-corrected chi connectivity index (χ3v) is 13.0. The summed E-state index contributed by atoms with van der Waals surface area (Å²) in [5.41, 5.74) is 18.1. The molecule has 11 rings (SSSR count). The first-order valence-corrected chi connectivity index (χ1v) is 23.1. The van der Waals surface area contributed by atoms with Crippen LogP contribution in [0.2, 0.25) is 0 Å².